The Labute approximate surface area is 120 Å². The van der Waals surface area contributed by atoms with E-state index in [1.807, 2.05) is 45.0 Å². The molecule has 0 radical (unpaired) electrons. The summed E-state index contributed by atoms with van der Waals surface area (Å²) in [5, 5.41) is 3.08. The third kappa shape index (κ3) is 3.31. The number of amides is 1. The zero-order chi connectivity index (χ0) is 14.8. The Morgan fingerprint density at radius 2 is 2.10 bits per heavy atom. The van der Waals surface area contributed by atoms with Crippen LogP contribution in [0.1, 0.15) is 45.2 Å². The normalized spacial score (nSPS) is 20.3. The average molecular weight is 276 g/mol. The summed E-state index contributed by atoms with van der Waals surface area (Å²) in [5.74, 6) is 0.763. The van der Waals surface area contributed by atoms with Crippen LogP contribution in [0.3, 0.4) is 0 Å². The second kappa shape index (κ2) is 5.83. The number of rotatable bonds is 2. The molecule has 0 saturated heterocycles. The number of hydrogen-bond donors (Lipinski definition) is 2. The van der Waals surface area contributed by atoms with Crippen LogP contribution in [0.4, 0.5) is 0 Å². The molecule has 4 heteroatoms. The summed E-state index contributed by atoms with van der Waals surface area (Å²) in [6, 6.07) is 7.34. The third-order valence-electron chi connectivity index (χ3n) is 3.72. The fraction of sp³-hybridized carbons (Fsp3) is 0.562. The van der Waals surface area contributed by atoms with Crippen LogP contribution in [0.2, 0.25) is 0 Å². The number of para-hydroxylation sites is 1. The molecule has 0 saturated carbocycles. The lowest BCUT2D eigenvalue weighted by Gasteiger charge is -2.28. The Morgan fingerprint density at radius 3 is 2.80 bits per heavy atom. The van der Waals surface area contributed by atoms with E-state index in [1.54, 1.807) is 0 Å². The lowest BCUT2D eigenvalue weighted by atomic mass is 9.86. The topological polar surface area (TPSA) is 64.4 Å². The summed E-state index contributed by atoms with van der Waals surface area (Å²) in [6.07, 6.45) is 1.80. The quantitative estimate of drug-likeness (QED) is 0.871. The van der Waals surface area contributed by atoms with Crippen LogP contribution in [0.5, 0.6) is 5.75 Å². The zero-order valence-electron chi connectivity index (χ0n) is 12.5. The molecule has 1 heterocycles. The van der Waals surface area contributed by atoms with Gasteiger partial charge < -0.3 is 15.8 Å². The van der Waals surface area contributed by atoms with Gasteiger partial charge in [0.05, 0.1) is 18.7 Å². The highest BCUT2D eigenvalue weighted by atomic mass is 16.5. The third-order valence-corrected chi connectivity index (χ3v) is 3.72. The Hall–Kier alpha value is -1.55. The van der Waals surface area contributed by atoms with Crippen molar-refractivity contribution in [3.63, 3.8) is 0 Å². The zero-order valence-corrected chi connectivity index (χ0v) is 12.5. The van der Waals surface area contributed by atoms with Crippen molar-refractivity contribution in [2.45, 2.75) is 45.7 Å². The Morgan fingerprint density at radius 1 is 1.40 bits per heavy atom. The van der Waals surface area contributed by atoms with Crippen molar-refractivity contribution in [2.75, 3.05) is 6.61 Å². The summed E-state index contributed by atoms with van der Waals surface area (Å²) < 4.78 is 5.71. The predicted octanol–water partition coefficient (Wildman–Crippen LogP) is 2.39. The molecule has 2 rings (SSSR count). The summed E-state index contributed by atoms with van der Waals surface area (Å²) in [4.78, 5) is 12.3. The van der Waals surface area contributed by atoms with E-state index in [9.17, 15) is 4.79 Å². The van der Waals surface area contributed by atoms with E-state index >= 15 is 0 Å². The molecule has 0 aliphatic carbocycles. The van der Waals surface area contributed by atoms with Crippen LogP contribution < -0.4 is 15.8 Å². The molecule has 0 aromatic heterocycles. The van der Waals surface area contributed by atoms with Crippen molar-refractivity contribution in [3.8, 4) is 5.75 Å². The SMILES string of the molecule is CC(C)(C)[C@H](N)C(=O)NC1CCCOc2ccccc21. The number of benzene rings is 1. The number of fused-ring (bicyclic) bond motifs is 1. The van der Waals surface area contributed by atoms with Gasteiger partial charge in [0, 0.05) is 5.56 Å². The first-order valence-electron chi connectivity index (χ1n) is 7.17. The van der Waals surface area contributed by atoms with Gasteiger partial charge >= 0.3 is 0 Å². The summed E-state index contributed by atoms with van der Waals surface area (Å²) in [6.45, 7) is 6.61. The molecule has 0 fully saturated rings. The maximum atomic E-state index is 12.3. The van der Waals surface area contributed by atoms with E-state index < -0.39 is 6.04 Å². The minimum atomic E-state index is -0.515. The van der Waals surface area contributed by atoms with Gasteiger partial charge in [-0.3, -0.25) is 4.79 Å². The summed E-state index contributed by atoms with van der Waals surface area (Å²) in [5.41, 5.74) is 6.82. The highest BCUT2D eigenvalue weighted by molar-refractivity contribution is 5.82. The Kier molecular flexibility index (Phi) is 4.33. The van der Waals surface area contributed by atoms with Gasteiger partial charge in [-0.1, -0.05) is 39.0 Å². The van der Waals surface area contributed by atoms with Crippen molar-refractivity contribution < 1.29 is 9.53 Å². The largest absolute Gasteiger partial charge is 0.493 e. The molecule has 2 atom stereocenters. The summed E-state index contributed by atoms with van der Waals surface area (Å²) >= 11 is 0. The van der Waals surface area contributed by atoms with Gasteiger partial charge in [-0.05, 0) is 24.3 Å². The number of nitrogens with one attached hydrogen (secondary N) is 1. The van der Waals surface area contributed by atoms with Crippen LogP contribution in [0, 0.1) is 5.41 Å². The monoisotopic (exact) mass is 276 g/mol. The standard InChI is InChI=1S/C16H24N2O2/c1-16(2,3)14(17)15(19)18-12-8-6-10-20-13-9-5-4-7-11(12)13/h4-5,7,9,12,14H,6,8,10,17H2,1-3H3,(H,18,19)/t12?,14-/m1/s1. The highest BCUT2D eigenvalue weighted by Crippen LogP contribution is 2.31. The molecule has 1 aliphatic rings. The van der Waals surface area contributed by atoms with E-state index in [1.165, 1.54) is 0 Å². The first-order valence-corrected chi connectivity index (χ1v) is 7.17. The molecule has 1 aromatic carbocycles. The van der Waals surface area contributed by atoms with Crippen molar-refractivity contribution in [3.05, 3.63) is 29.8 Å². The fourth-order valence-corrected chi connectivity index (χ4v) is 2.33. The molecule has 1 aromatic rings. The maximum absolute atomic E-state index is 12.3. The molecule has 110 valence electrons. The molecular weight excluding hydrogens is 252 g/mol. The van der Waals surface area contributed by atoms with E-state index in [0.717, 1.165) is 24.2 Å². The predicted molar refractivity (Wildman–Crippen MR) is 79.5 cm³/mol. The minimum Gasteiger partial charge on any atom is -0.493 e. The van der Waals surface area contributed by atoms with Gasteiger partial charge in [0.1, 0.15) is 5.75 Å². The van der Waals surface area contributed by atoms with Gasteiger partial charge in [0.2, 0.25) is 5.91 Å². The number of hydrogen-bond acceptors (Lipinski definition) is 3. The lowest BCUT2D eigenvalue weighted by Crippen LogP contribution is -2.49. The Bertz CT molecular complexity index is 480. The van der Waals surface area contributed by atoms with Gasteiger partial charge in [0.25, 0.3) is 0 Å². The van der Waals surface area contributed by atoms with Crippen molar-refractivity contribution >= 4 is 5.91 Å². The van der Waals surface area contributed by atoms with Crippen LogP contribution in [0.25, 0.3) is 0 Å². The highest BCUT2D eigenvalue weighted by Gasteiger charge is 2.30. The molecule has 1 aliphatic heterocycles. The van der Waals surface area contributed by atoms with E-state index in [-0.39, 0.29) is 17.4 Å². The molecule has 0 bridgehead atoms. The van der Waals surface area contributed by atoms with Crippen molar-refractivity contribution in [1.82, 2.24) is 5.32 Å². The Balaban J connectivity index is 2.15. The summed E-state index contributed by atoms with van der Waals surface area (Å²) in [7, 11) is 0. The molecule has 0 spiro atoms. The van der Waals surface area contributed by atoms with Crippen LogP contribution >= 0.6 is 0 Å². The van der Waals surface area contributed by atoms with E-state index in [0.29, 0.717) is 6.61 Å². The molecule has 4 nitrogen and oxygen atoms in total. The van der Waals surface area contributed by atoms with Crippen molar-refractivity contribution in [2.24, 2.45) is 11.1 Å². The van der Waals surface area contributed by atoms with Crippen molar-refractivity contribution in [1.29, 1.82) is 0 Å². The average Bonchev–Trinajstić information content (AvgIpc) is 2.59. The number of carbonyl (C=O) groups excluding carboxylic acids is 1. The molecule has 1 amide bonds. The van der Waals surface area contributed by atoms with Gasteiger partial charge in [-0.2, -0.15) is 0 Å². The van der Waals surface area contributed by atoms with E-state index in [2.05, 4.69) is 5.32 Å². The first-order chi connectivity index (χ1) is 9.39. The second-order valence-electron chi connectivity index (χ2n) is 6.43. The smallest absolute Gasteiger partial charge is 0.237 e. The molecular formula is C16H24N2O2. The number of ether oxygens (including phenoxy) is 1. The second-order valence-corrected chi connectivity index (χ2v) is 6.43. The van der Waals surface area contributed by atoms with E-state index in [4.69, 9.17) is 10.5 Å². The molecule has 20 heavy (non-hydrogen) atoms. The lowest BCUT2D eigenvalue weighted by molar-refractivity contribution is -0.125. The first kappa shape index (κ1) is 14.9. The van der Waals surface area contributed by atoms with Gasteiger partial charge in [-0.15, -0.1) is 0 Å². The molecule has 1 unspecified atom stereocenters. The van der Waals surface area contributed by atoms with Gasteiger partial charge in [0.15, 0.2) is 0 Å². The van der Waals surface area contributed by atoms with Gasteiger partial charge in [-0.25, -0.2) is 0 Å². The van der Waals surface area contributed by atoms with Crippen LogP contribution in [0.15, 0.2) is 24.3 Å². The minimum absolute atomic E-state index is 0.0189. The number of nitrogens with two attached hydrogens (primary N) is 1. The van der Waals surface area contributed by atoms with Crippen LogP contribution in [-0.2, 0) is 4.79 Å². The fourth-order valence-electron chi connectivity index (χ4n) is 2.33. The maximum Gasteiger partial charge on any atom is 0.237 e. The molecule has 3 N–H and O–H groups in total. The van der Waals surface area contributed by atoms with Crippen LogP contribution in [-0.4, -0.2) is 18.6 Å². The number of carbonyl (C=O) groups is 1.